The molecule has 5 heteroatoms. The number of esters is 2. The standard InChI is InChI=1S/C49H86O5/c1-4-7-10-13-16-19-22-23-24-25-26-29-32-35-38-41-44-52-45-47(54-49(51)43-40-37-34-31-28-21-18-15-12-9-6-3)46-53-48(50)42-39-36-33-30-27-20-17-14-11-8-5-2/h7,10,14-19,23-24,47H,4-6,8-9,11-13,20-22,25-46H2,1-3H3/b10-7-,17-14-,18-15-,19-16-,24-23-. The van der Waals surface area contributed by atoms with Crippen LogP contribution in [0.5, 0.6) is 0 Å². The largest absolute Gasteiger partial charge is 0.462 e. The molecule has 0 aliphatic heterocycles. The summed E-state index contributed by atoms with van der Waals surface area (Å²) < 4.78 is 17.3. The lowest BCUT2D eigenvalue weighted by atomic mass is 10.1. The van der Waals surface area contributed by atoms with E-state index in [1.807, 2.05) is 0 Å². The second-order valence-electron chi connectivity index (χ2n) is 14.9. The average molecular weight is 755 g/mol. The first-order valence-corrected chi connectivity index (χ1v) is 22.8. The Hall–Kier alpha value is -2.40. The Kier molecular flexibility index (Phi) is 43.0. The molecule has 5 nitrogen and oxygen atoms in total. The molecule has 0 amide bonds. The molecule has 0 saturated heterocycles. The van der Waals surface area contributed by atoms with E-state index < -0.39 is 6.10 Å². The molecule has 0 aromatic heterocycles. The van der Waals surface area contributed by atoms with Gasteiger partial charge in [0.1, 0.15) is 6.61 Å². The molecule has 312 valence electrons. The number of carbonyl (C=O) groups is 2. The summed E-state index contributed by atoms with van der Waals surface area (Å²) in [6.45, 7) is 7.60. The Balaban J connectivity index is 4.28. The van der Waals surface area contributed by atoms with E-state index in [0.29, 0.717) is 19.4 Å². The van der Waals surface area contributed by atoms with Crippen molar-refractivity contribution in [2.75, 3.05) is 19.8 Å². The van der Waals surface area contributed by atoms with E-state index >= 15 is 0 Å². The quantitative estimate of drug-likeness (QED) is 0.0353. The van der Waals surface area contributed by atoms with E-state index in [9.17, 15) is 9.59 Å². The van der Waals surface area contributed by atoms with Crippen LogP contribution < -0.4 is 0 Å². The maximum absolute atomic E-state index is 12.7. The van der Waals surface area contributed by atoms with Gasteiger partial charge in [0.25, 0.3) is 0 Å². The van der Waals surface area contributed by atoms with Crippen LogP contribution >= 0.6 is 0 Å². The van der Waals surface area contributed by atoms with Gasteiger partial charge in [0.05, 0.1) is 6.61 Å². The topological polar surface area (TPSA) is 61.8 Å². The zero-order chi connectivity index (χ0) is 39.3. The summed E-state index contributed by atoms with van der Waals surface area (Å²) in [4.78, 5) is 25.2. The molecule has 1 atom stereocenters. The first-order chi connectivity index (χ1) is 26.6. The SMILES string of the molecule is CC/C=C\C/C=C\C/C=C\CCCCCCCCOCC(COC(=O)CCCCCCC/C=C\CCCC)OC(=O)CCCCCCC/C=C\CCCC. The van der Waals surface area contributed by atoms with Crippen LogP contribution in [0, 0.1) is 0 Å². The lowest BCUT2D eigenvalue weighted by Gasteiger charge is -2.18. The summed E-state index contributed by atoms with van der Waals surface area (Å²) in [5, 5.41) is 0. The van der Waals surface area contributed by atoms with Crippen molar-refractivity contribution in [1.82, 2.24) is 0 Å². The fourth-order valence-corrected chi connectivity index (χ4v) is 6.07. The predicted molar refractivity (Wildman–Crippen MR) is 233 cm³/mol. The molecule has 0 fully saturated rings. The fourth-order valence-electron chi connectivity index (χ4n) is 6.07. The summed E-state index contributed by atoms with van der Waals surface area (Å²) in [5.41, 5.74) is 0. The van der Waals surface area contributed by atoms with Gasteiger partial charge in [-0.15, -0.1) is 0 Å². The van der Waals surface area contributed by atoms with Gasteiger partial charge in [-0.05, 0) is 89.9 Å². The minimum Gasteiger partial charge on any atom is -0.462 e. The van der Waals surface area contributed by atoms with E-state index in [0.717, 1.165) is 89.9 Å². The van der Waals surface area contributed by atoms with Crippen molar-refractivity contribution in [3.63, 3.8) is 0 Å². The molecule has 0 aliphatic rings. The summed E-state index contributed by atoms with van der Waals surface area (Å²) in [6, 6.07) is 0. The van der Waals surface area contributed by atoms with Crippen LogP contribution in [0.1, 0.15) is 213 Å². The van der Waals surface area contributed by atoms with Crippen LogP contribution in [0.3, 0.4) is 0 Å². The van der Waals surface area contributed by atoms with Crippen molar-refractivity contribution in [3.8, 4) is 0 Å². The maximum Gasteiger partial charge on any atom is 0.306 e. The van der Waals surface area contributed by atoms with Crippen LogP contribution in [0.4, 0.5) is 0 Å². The number of allylic oxidation sites excluding steroid dienone is 10. The van der Waals surface area contributed by atoms with E-state index in [-0.39, 0.29) is 25.2 Å². The summed E-state index contributed by atoms with van der Waals surface area (Å²) >= 11 is 0. The van der Waals surface area contributed by atoms with Gasteiger partial charge in [-0.25, -0.2) is 0 Å². The van der Waals surface area contributed by atoms with E-state index in [4.69, 9.17) is 14.2 Å². The molecule has 0 heterocycles. The van der Waals surface area contributed by atoms with E-state index in [1.165, 1.54) is 89.9 Å². The molecule has 0 aliphatic carbocycles. The molecule has 0 aromatic rings. The highest BCUT2D eigenvalue weighted by Gasteiger charge is 2.17. The van der Waals surface area contributed by atoms with Gasteiger partial charge in [0.2, 0.25) is 0 Å². The second-order valence-corrected chi connectivity index (χ2v) is 14.9. The van der Waals surface area contributed by atoms with Gasteiger partial charge in [0, 0.05) is 19.4 Å². The van der Waals surface area contributed by atoms with Crippen LogP contribution in [0.2, 0.25) is 0 Å². The Morgan fingerprint density at radius 1 is 0.426 bits per heavy atom. The third-order valence-corrected chi connectivity index (χ3v) is 9.51. The molecule has 0 rings (SSSR count). The smallest absolute Gasteiger partial charge is 0.306 e. The zero-order valence-corrected chi connectivity index (χ0v) is 35.7. The Morgan fingerprint density at radius 2 is 0.833 bits per heavy atom. The predicted octanol–water partition coefficient (Wildman–Crippen LogP) is 15.0. The van der Waals surface area contributed by atoms with Gasteiger partial charge in [-0.2, -0.15) is 0 Å². The van der Waals surface area contributed by atoms with Gasteiger partial charge in [-0.1, -0.05) is 171 Å². The average Bonchev–Trinajstić information content (AvgIpc) is 3.17. The van der Waals surface area contributed by atoms with E-state index in [2.05, 4.69) is 81.5 Å². The second kappa shape index (κ2) is 45.0. The maximum atomic E-state index is 12.7. The molecule has 0 spiro atoms. The summed E-state index contributed by atoms with van der Waals surface area (Å²) in [6.07, 6.45) is 55.0. The Morgan fingerprint density at radius 3 is 1.35 bits per heavy atom. The monoisotopic (exact) mass is 755 g/mol. The number of hydrogen-bond acceptors (Lipinski definition) is 5. The molecule has 0 N–H and O–H groups in total. The first kappa shape index (κ1) is 51.6. The third kappa shape index (κ3) is 42.3. The molecular formula is C49H86O5. The molecule has 1 unspecified atom stereocenters. The van der Waals surface area contributed by atoms with Crippen LogP contribution in [0.15, 0.2) is 60.8 Å². The molecule has 0 radical (unpaired) electrons. The highest BCUT2D eigenvalue weighted by molar-refractivity contribution is 5.70. The highest BCUT2D eigenvalue weighted by atomic mass is 16.6. The third-order valence-electron chi connectivity index (χ3n) is 9.51. The van der Waals surface area contributed by atoms with Crippen molar-refractivity contribution in [1.29, 1.82) is 0 Å². The minimum atomic E-state index is -0.548. The van der Waals surface area contributed by atoms with Gasteiger partial charge in [-0.3, -0.25) is 9.59 Å². The number of carbonyl (C=O) groups excluding carboxylic acids is 2. The summed E-state index contributed by atoms with van der Waals surface area (Å²) in [7, 11) is 0. The van der Waals surface area contributed by atoms with Crippen LogP contribution in [-0.4, -0.2) is 37.9 Å². The van der Waals surface area contributed by atoms with Crippen LogP contribution in [-0.2, 0) is 23.8 Å². The van der Waals surface area contributed by atoms with Crippen molar-refractivity contribution in [2.45, 2.75) is 219 Å². The number of hydrogen-bond donors (Lipinski definition) is 0. The van der Waals surface area contributed by atoms with Crippen molar-refractivity contribution in [3.05, 3.63) is 60.8 Å². The fraction of sp³-hybridized carbons (Fsp3) is 0.755. The molecule has 0 bridgehead atoms. The summed E-state index contributed by atoms with van der Waals surface area (Å²) in [5.74, 6) is -0.428. The zero-order valence-electron chi connectivity index (χ0n) is 35.7. The lowest BCUT2D eigenvalue weighted by molar-refractivity contribution is -0.163. The minimum absolute atomic E-state index is 0.0712. The van der Waals surface area contributed by atoms with Gasteiger partial charge >= 0.3 is 11.9 Å². The molecular weight excluding hydrogens is 669 g/mol. The van der Waals surface area contributed by atoms with Crippen molar-refractivity contribution in [2.24, 2.45) is 0 Å². The molecule has 54 heavy (non-hydrogen) atoms. The van der Waals surface area contributed by atoms with Crippen molar-refractivity contribution >= 4 is 11.9 Å². The first-order valence-electron chi connectivity index (χ1n) is 22.8. The Bertz CT molecular complexity index is 946. The number of rotatable bonds is 41. The van der Waals surface area contributed by atoms with Crippen LogP contribution in [0.25, 0.3) is 0 Å². The van der Waals surface area contributed by atoms with Gasteiger partial charge < -0.3 is 14.2 Å². The van der Waals surface area contributed by atoms with Crippen molar-refractivity contribution < 1.29 is 23.8 Å². The lowest BCUT2D eigenvalue weighted by Crippen LogP contribution is -2.30. The highest BCUT2D eigenvalue weighted by Crippen LogP contribution is 2.13. The van der Waals surface area contributed by atoms with E-state index in [1.54, 1.807) is 0 Å². The number of ether oxygens (including phenoxy) is 3. The van der Waals surface area contributed by atoms with Gasteiger partial charge in [0.15, 0.2) is 6.10 Å². The number of unbranched alkanes of at least 4 members (excludes halogenated alkanes) is 20. The molecule has 0 saturated carbocycles. The Labute approximate surface area is 334 Å². The molecule has 0 aromatic carbocycles. The normalized spacial score (nSPS) is 12.7.